The standard InChI is InChI=1S/C14H22ClN3O2/c1-10(2)18-14(19)13(15)12(8-17-18)16-6-3-7-20-9-11-4-5-11/h8,10-11,16H,3-7,9H2,1-2H3. The fourth-order valence-corrected chi connectivity index (χ4v) is 2.07. The average molecular weight is 300 g/mol. The molecule has 0 spiro atoms. The van der Waals surface area contributed by atoms with Crippen LogP contribution in [0.4, 0.5) is 5.69 Å². The number of ether oxygens (including phenoxy) is 1. The van der Waals surface area contributed by atoms with Gasteiger partial charge in [0.15, 0.2) is 0 Å². The molecule has 112 valence electrons. The molecule has 0 saturated heterocycles. The van der Waals surface area contributed by atoms with Crippen LogP contribution in [0.2, 0.25) is 5.02 Å². The van der Waals surface area contributed by atoms with Crippen LogP contribution in [0.15, 0.2) is 11.0 Å². The summed E-state index contributed by atoms with van der Waals surface area (Å²) < 4.78 is 6.93. The Balaban J connectivity index is 1.77. The summed E-state index contributed by atoms with van der Waals surface area (Å²) in [5.74, 6) is 0.797. The van der Waals surface area contributed by atoms with Gasteiger partial charge in [0, 0.05) is 19.8 Å². The maximum atomic E-state index is 12.0. The van der Waals surface area contributed by atoms with E-state index in [1.165, 1.54) is 17.5 Å². The first-order valence-corrected chi connectivity index (χ1v) is 7.56. The first-order chi connectivity index (χ1) is 9.59. The van der Waals surface area contributed by atoms with Crippen molar-refractivity contribution in [2.45, 2.75) is 39.2 Å². The lowest BCUT2D eigenvalue weighted by atomic mass is 10.3. The molecule has 1 aromatic rings. The second-order valence-electron chi connectivity index (χ2n) is 5.51. The van der Waals surface area contributed by atoms with Crippen LogP contribution in [-0.4, -0.2) is 29.5 Å². The van der Waals surface area contributed by atoms with E-state index in [1.54, 1.807) is 6.20 Å². The maximum absolute atomic E-state index is 12.0. The summed E-state index contributed by atoms with van der Waals surface area (Å²) in [5.41, 5.74) is 0.340. The number of nitrogens with one attached hydrogen (secondary N) is 1. The highest BCUT2D eigenvalue weighted by Crippen LogP contribution is 2.28. The number of anilines is 1. The van der Waals surface area contributed by atoms with Crippen molar-refractivity contribution in [1.82, 2.24) is 9.78 Å². The minimum atomic E-state index is -0.253. The topological polar surface area (TPSA) is 56.1 Å². The molecule has 0 atom stereocenters. The highest BCUT2D eigenvalue weighted by Gasteiger charge is 2.20. The largest absolute Gasteiger partial charge is 0.382 e. The summed E-state index contributed by atoms with van der Waals surface area (Å²) in [6.45, 7) is 6.13. The van der Waals surface area contributed by atoms with E-state index in [-0.39, 0.29) is 16.6 Å². The van der Waals surface area contributed by atoms with Gasteiger partial charge in [0.05, 0.1) is 17.9 Å². The van der Waals surface area contributed by atoms with E-state index >= 15 is 0 Å². The molecule has 0 aliphatic heterocycles. The van der Waals surface area contributed by atoms with E-state index in [9.17, 15) is 4.79 Å². The Morgan fingerprint density at radius 1 is 1.55 bits per heavy atom. The third-order valence-corrected chi connectivity index (χ3v) is 3.63. The minimum absolute atomic E-state index is 0.00451. The molecule has 1 aliphatic carbocycles. The SMILES string of the molecule is CC(C)n1ncc(NCCCOCC2CC2)c(Cl)c1=O. The normalized spacial score (nSPS) is 14.8. The molecule has 1 aliphatic rings. The second-order valence-corrected chi connectivity index (χ2v) is 5.89. The molecule has 0 bridgehead atoms. The molecule has 20 heavy (non-hydrogen) atoms. The predicted molar refractivity (Wildman–Crippen MR) is 80.5 cm³/mol. The first-order valence-electron chi connectivity index (χ1n) is 7.18. The average Bonchev–Trinajstić information content (AvgIpc) is 3.22. The molecule has 1 saturated carbocycles. The van der Waals surface area contributed by atoms with E-state index < -0.39 is 0 Å². The van der Waals surface area contributed by atoms with Gasteiger partial charge in [-0.2, -0.15) is 5.10 Å². The summed E-state index contributed by atoms with van der Waals surface area (Å²) in [5, 5.41) is 7.45. The third kappa shape index (κ3) is 4.21. The van der Waals surface area contributed by atoms with Gasteiger partial charge in [0.2, 0.25) is 0 Å². The van der Waals surface area contributed by atoms with Crippen LogP contribution >= 0.6 is 11.6 Å². The van der Waals surface area contributed by atoms with Crippen molar-refractivity contribution in [1.29, 1.82) is 0 Å². The molecule has 1 N–H and O–H groups in total. The highest BCUT2D eigenvalue weighted by molar-refractivity contribution is 6.32. The number of rotatable bonds is 8. The van der Waals surface area contributed by atoms with Gasteiger partial charge in [-0.15, -0.1) is 0 Å². The van der Waals surface area contributed by atoms with Gasteiger partial charge in [0.25, 0.3) is 5.56 Å². The molecule has 1 aromatic heterocycles. The van der Waals surface area contributed by atoms with Crippen molar-refractivity contribution >= 4 is 17.3 Å². The quantitative estimate of drug-likeness (QED) is 0.750. The predicted octanol–water partition coefficient (Wildman–Crippen LogP) is 2.71. The van der Waals surface area contributed by atoms with E-state index in [0.717, 1.165) is 32.1 Å². The second kappa shape index (κ2) is 7.09. The van der Waals surface area contributed by atoms with Gasteiger partial charge >= 0.3 is 0 Å². The van der Waals surface area contributed by atoms with Gasteiger partial charge in [-0.05, 0) is 39.0 Å². The van der Waals surface area contributed by atoms with Crippen molar-refractivity contribution in [3.63, 3.8) is 0 Å². The number of hydrogen-bond donors (Lipinski definition) is 1. The maximum Gasteiger partial charge on any atom is 0.287 e. The summed E-state index contributed by atoms with van der Waals surface area (Å²) in [6.07, 6.45) is 5.11. The Labute approximate surface area is 124 Å². The lowest BCUT2D eigenvalue weighted by Gasteiger charge is -2.12. The number of halogens is 1. The van der Waals surface area contributed by atoms with Crippen LogP contribution in [0.1, 0.15) is 39.2 Å². The van der Waals surface area contributed by atoms with Crippen molar-refractivity contribution in [2.75, 3.05) is 25.1 Å². The minimum Gasteiger partial charge on any atom is -0.382 e. The van der Waals surface area contributed by atoms with Gasteiger partial charge in [-0.3, -0.25) is 4.79 Å². The van der Waals surface area contributed by atoms with Gasteiger partial charge in [-0.1, -0.05) is 11.6 Å². The monoisotopic (exact) mass is 299 g/mol. The molecule has 0 unspecified atom stereocenters. The van der Waals surface area contributed by atoms with Crippen LogP contribution in [0, 0.1) is 5.92 Å². The van der Waals surface area contributed by atoms with E-state index in [1.807, 2.05) is 13.8 Å². The fraction of sp³-hybridized carbons (Fsp3) is 0.714. The number of hydrogen-bond acceptors (Lipinski definition) is 4. The lowest BCUT2D eigenvalue weighted by Crippen LogP contribution is -2.26. The molecule has 0 aromatic carbocycles. The Hall–Kier alpha value is -1.07. The number of nitrogens with zero attached hydrogens (tertiary/aromatic N) is 2. The van der Waals surface area contributed by atoms with Gasteiger partial charge in [0.1, 0.15) is 5.02 Å². The molecule has 5 nitrogen and oxygen atoms in total. The first kappa shape index (κ1) is 15.3. The number of aromatic nitrogens is 2. The molecular formula is C14H22ClN3O2. The van der Waals surface area contributed by atoms with Gasteiger partial charge < -0.3 is 10.1 Å². The molecular weight excluding hydrogens is 278 g/mol. The van der Waals surface area contributed by atoms with Crippen LogP contribution in [0.3, 0.4) is 0 Å². The van der Waals surface area contributed by atoms with Crippen LogP contribution < -0.4 is 10.9 Å². The lowest BCUT2D eigenvalue weighted by molar-refractivity contribution is 0.124. The molecule has 1 fully saturated rings. The Morgan fingerprint density at radius 2 is 2.30 bits per heavy atom. The zero-order valence-electron chi connectivity index (χ0n) is 12.1. The molecule has 1 heterocycles. The summed E-state index contributed by atoms with van der Waals surface area (Å²) in [7, 11) is 0. The summed E-state index contributed by atoms with van der Waals surface area (Å²) in [6, 6.07) is 0.00451. The molecule has 0 amide bonds. The fourth-order valence-electron chi connectivity index (χ4n) is 1.87. The zero-order chi connectivity index (χ0) is 14.5. The Kier molecular flexibility index (Phi) is 5.43. The van der Waals surface area contributed by atoms with E-state index in [0.29, 0.717) is 5.69 Å². The van der Waals surface area contributed by atoms with E-state index in [2.05, 4.69) is 10.4 Å². The van der Waals surface area contributed by atoms with Crippen LogP contribution in [0.5, 0.6) is 0 Å². The van der Waals surface area contributed by atoms with Crippen molar-refractivity contribution in [3.05, 3.63) is 21.6 Å². The van der Waals surface area contributed by atoms with Crippen molar-refractivity contribution in [2.24, 2.45) is 5.92 Å². The Morgan fingerprint density at radius 3 is 2.95 bits per heavy atom. The highest BCUT2D eigenvalue weighted by atomic mass is 35.5. The van der Waals surface area contributed by atoms with Crippen LogP contribution in [-0.2, 0) is 4.74 Å². The smallest absolute Gasteiger partial charge is 0.287 e. The molecule has 6 heteroatoms. The zero-order valence-corrected chi connectivity index (χ0v) is 12.8. The van der Waals surface area contributed by atoms with Crippen molar-refractivity contribution in [3.8, 4) is 0 Å². The van der Waals surface area contributed by atoms with E-state index in [4.69, 9.17) is 16.3 Å². The summed E-state index contributed by atoms with van der Waals surface area (Å²) in [4.78, 5) is 12.0. The molecule has 2 rings (SSSR count). The Bertz CT molecular complexity index is 498. The summed E-state index contributed by atoms with van der Waals surface area (Å²) >= 11 is 6.07. The third-order valence-electron chi connectivity index (χ3n) is 3.26. The van der Waals surface area contributed by atoms with Gasteiger partial charge in [-0.25, -0.2) is 4.68 Å². The molecule has 0 radical (unpaired) electrons. The van der Waals surface area contributed by atoms with Crippen molar-refractivity contribution < 1.29 is 4.74 Å². The van der Waals surface area contributed by atoms with Crippen LogP contribution in [0.25, 0.3) is 0 Å².